The Labute approximate surface area is 202 Å². The van der Waals surface area contributed by atoms with Crippen LogP contribution < -0.4 is 0 Å². The second kappa shape index (κ2) is 9.93. The summed E-state index contributed by atoms with van der Waals surface area (Å²) in [5, 5.41) is 21.2. The van der Waals surface area contributed by atoms with Crippen LogP contribution in [0.15, 0.2) is 12.5 Å². The molecule has 186 valence electrons. The van der Waals surface area contributed by atoms with E-state index in [1.165, 1.54) is 50.5 Å². The van der Waals surface area contributed by atoms with Crippen LogP contribution in [0.3, 0.4) is 0 Å². The molecule has 33 heavy (non-hydrogen) atoms. The summed E-state index contributed by atoms with van der Waals surface area (Å²) in [7, 11) is 0. The zero-order valence-corrected chi connectivity index (χ0v) is 21.8. The van der Waals surface area contributed by atoms with Gasteiger partial charge < -0.3 is 10.2 Å². The average Bonchev–Trinajstić information content (AvgIpc) is 3.14. The summed E-state index contributed by atoms with van der Waals surface area (Å²) in [5.41, 5.74) is 2.70. The largest absolute Gasteiger partial charge is 0.396 e. The average molecular weight is 457 g/mol. The van der Waals surface area contributed by atoms with Gasteiger partial charge in [-0.2, -0.15) is 0 Å². The van der Waals surface area contributed by atoms with Crippen LogP contribution in [0.4, 0.5) is 0 Å². The van der Waals surface area contributed by atoms with Crippen LogP contribution in [0.2, 0.25) is 0 Å². The maximum Gasteiger partial charge on any atom is 0.115 e. The fourth-order valence-corrected chi connectivity index (χ4v) is 8.83. The minimum atomic E-state index is -0.0117. The molecule has 2 fully saturated rings. The molecule has 0 aromatic carbocycles. The van der Waals surface area contributed by atoms with Gasteiger partial charge in [0.05, 0.1) is 0 Å². The molecule has 0 spiro atoms. The third-order valence-corrected chi connectivity index (χ3v) is 10.7. The van der Waals surface area contributed by atoms with E-state index in [1.54, 1.807) is 6.33 Å². The summed E-state index contributed by atoms with van der Waals surface area (Å²) in [6, 6.07) is 0. The van der Waals surface area contributed by atoms with Gasteiger partial charge in [-0.25, -0.2) is 9.97 Å². The molecule has 4 heteroatoms. The zero-order chi connectivity index (χ0) is 23.8. The van der Waals surface area contributed by atoms with E-state index < -0.39 is 0 Å². The summed E-state index contributed by atoms with van der Waals surface area (Å²) in [5.74, 6) is 3.94. The molecule has 3 aliphatic rings. The van der Waals surface area contributed by atoms with Crippen molar-refractivity contribution in [3.8, 4) is 0 Å². The highest BCUT2D eigenvalue weighted by molar-refractivity contribution is 5.24. The lowest BCUT2D eigenvalue weighted by Gasteiger charge is -2.57. The van der Waals surface area contributed by atoms with E-state index in [9.17, 15) is 10.2 Å². The Balaban J connectivity index is 1.55. The first-order chi connectivity index (χ1) is 15.7. The predicted octanol–water partition coefficient (Wildman–Crippen LogP) is 5.70. The van der Waals surface area contributed by atoms with Crippen LogP contribution in [0.25, 0.3) is 0 Å². The molecule has 2 saturated carbocycles. The van der Waals surface area contributed by atoms with Crippen molar-refractivity contribution in [1.82, 2.24) is 9.97 Å². The lowest BCUT2D eigenvalue weighted by molar-refractivity contribution is -0.0942. The van der Waals surface area contributed by atoms with E-state index in [0.29, 0.717) is 23.2 Å². The molecule has 0 saturated heterocycles. The molecular weight excluding hydrogens is 408 g/mol. The fraction of sp³-hybridized carbons (Fsp3) is 0.862. The third kappa shape index (κ3) is 4.51. The van der Waals surface area contributed by atoms with Crippen molar-refractivity contribution in [3.05, 3.63) is 23.8 Å². The fourth-order valence-electron chi connectivity index (χ4n) is 8.83. The standard InChI is InChI=1S/C29H48N2O2/c1-19(2)7-6-8-20(3)24-9-10-25-23(17-33)26(11-12-28(24,25)4)29(5)14-21-15-30-18-31-27(21)13-22(29)16-32/h15,18-20,22-26,32-33H,6-14,16-17H2,1-5H3/t20-,22-,23+,24-,25+,26+,28-,29+/m1/s1. The summed E-state index contributed by atoms with van der Waals surface area (Å²) < 4.78 is 0. The first-order valence-corrected chi connectivity index (χ1v) is 13.7. The van der Waals surface area contributed by atoms with Crippen LogP contribution in [-0.4, -0.2) is 33.4 Å². The molecule has 1 aromatic rings. The van der Waals surface area contributed by atoms with E-state index in [0.717, 1.165) is 36.3 Å². The second-order valence-electron chi connectivity index (χ2n) is 12.9. The van der Waals surface area contributed by atoms with Crippen LogP contribution in [0.5, 0.6) is 0 Å². The molecule has 2 N–H and O–H groups in total. The van der Waals surface area contributed by atoms with E-state index >= 15 is 0 Å². The van der Waals surface area contributed by atoms with E-state index in [4.69, 9.17) is 0 Å². The van der Waals surface area contributed by atoms with E-state index in [2.05, 4.69) is 44.6 Å². The molecule has 0 bridgehead atoms. The number of fused-ring (bicyclic) bond motifs is 2. The number of aliphatic hydroxyl groups is 2. The zero-order valence-electron chi connectivity index (χ0n) is 21.8. The van der Waals surface area contributed by atoms with Gasteiger partial charge in [-0.15, -0.1) is 0 Å². The van der Waals surface area contributed by atoms with Gasteiger partial charge in [0.25, 0.3) is 0 Å². The van der Waals surface area contributed by atoms with Gasteiger partial charge in [-0.3, -0.25) is 0 Å². The Hall–Kier alpha value is -1.00. The lowest BCUT2D eigenvalue weighted by Crippen LogP contribution is -2.53. The number of nitrogens with zero attached hydrogens (tertiary/aromatic N) is 2. The summed E-state index contributed by atoms with van der Waals surface area (Å²) in [6.07, 6.45) is 14.4. The third-order valence-electron chi connectivity index (χ3n) is 10.7. The van der Waals surface area contributed by atoms with Crippen LogP contribution in [0, 0.1) is 52.3 Å². The van der Waals surface area contributed by atoms with Crippen LogP contribution in [0.1, 0.15) is 90.8 Å². The summed E-state index contributed by atoms with van der Waals surface area (Å²) in [6.45, 7) is 12.6. The molecule has 1 aromatic heterocycles. The van der Waals surface area contributed by atoms with E-state index in [-0.39, 0.29) is 24.5 Å². The molecule has 4 rings (SSSR count). The smallest absolute Gasteiger partial charge is 0.115 e. The van der Waals surface area contributed by atoms with Crippen LogP contribution >= 0.6 is 0 Å². The van der Waals surface area contributed by atoms with Crippen molar-refractivity contribution in [2.75, 3.05) is 13.2 Å². The Morgan fingerprint density at radius 1 is 1.00 bits per heavy atom. The van der Waals surface area contributed by atoms with Crippen molar-refractivity contribution in [3.63, 3.8) is 0 Å². The SMILES string of the molecule is CC(C)CCC[C@@H](C)[C@H]1CC[C@H]2[C@H](CO)[C@@H]([C@@]3(C)Cc4cncnc4C[C@@H]3CO)CC[C@]12C. The maximum absolute atomic E-state index is 10.8. The second-order valence-corrected chi connectivity index (χ2v) is 12.9. The molecule has 0 radical (unpaired) electrons. The van der Waals surface area contributed by atoms with Crippen molar-refractivity contribution in [2.24, 2.45) is 52.3 Å². The summed E-state index contributed by atoms with van der Waals surface area (Å²) >= 11 is 0. The van der Waals surface area contributed by atoms with Crippen molar-refractivity contribution < 1.29 is 10.2 Å². The highest BCUT2D eigenvalue weighted by Gasteiger charge is 2.58. The van der Waals surface area contributed by atoms with E-state index in [1.807, 2.05) is 6.20 Å². The monoisotopic (exact) mass is 456 g/mol. The quantitative estimate of drug-likeness (QED) is 0.526. The number of aromatic nitrogens is 2. The molecule has 0 aliphatic heterocycles. The maximum atomic E-state index is 10.8. The van der Waals surface area contributed by atoms with Gasteiger partial charge in [-0.05, 0) is 96.3 Å². The Morgan fingerprint density at radius 3 is 2.45 bits per heavy atom. The van der Waals surface area contributed by atoms with Gasteiger partial charge in [0, 0.05) is 25.1 Å². The van der Waals surface area contributed by atoms with Crippen molar-refractivity contribution in [2.45, 2.75) is 92.4 Å². The number of rotatable bonds is 8. The summed E-state index contributed by atoms with van der Waals surface area (Å²) in [4.78, 5) is 8.83. The topological polar surface area (TPSA) is 66.2 Å². The Morgan fingerprint density at radius 2 is 1.76 bits per heavy atom. The number of hydrogen-bond donors (Lipinski definition) is 2. The molecule has 4 nitrogen and oxygen atoms in total. The van der Waals surface area contributed by atoms with Gasteiger partial charge in [-0.1, -0.05) is 53.9 Å². The Bertz CT molecular complexity index is 798. The van der Waals surface area contributed by atoms with Crippen molar-refractivity contribution >= 4 is 0 Å². The minimum absolute atomic E-state index is 0.0117. The highest BCUT2D eigenvalue weighted by atomic mass is 16.3. The highest BCUT2D eigenvalue weighted by Crippen LogP contribution is 2.64. The minimum Gasteiger partial charge on any atom is -0.396 e. The van der Waals surface area contributed by atoms with Gasteiger partial charge in [0.2, 0.25) is 0 Å². The lowest BCUT2D eigenvalue weighted by atomic mass is 9.48. The van der Waals surface area contributed by atoms with Crippen LogP contribution in [-0.2, 0) is 12.8 Å². The number of hydrogen-bond acceptors (Lipinski definition) is 4. The van der Waals surface area contributed by atoms with Gasteiger partial charge in [0.15, 0.2) is 0 Å². The number of aliphatic hydroxyl groups excluding tert-OH is 2. The first-order valence-electron chi connectivity index (χ1n) is 13.7. The molecular formula is C29H48N2O2. The molecule has 0 amide bonds. The van der Waals surface area contributed by atoms with Gasteiger partial charge >= 0.3 is 0 Å². The molecule has 1 heterocycles. The Kier molecular flexibility index (Phi) is 7.56. The van der Waals surface area contributed by atoms with Crippen molar-refractivity contribution in [1.29, 1.82) is 0 Å². The van der Waals surface area contributed by atoms with Gasteiger partial charge in [0.1, 0.15) is 6.33 Å². The predicted molar refractivity (Wildman–Crippen MR) is 134 cm³/mol. The molecule has 8 atom stereocenters. The normalized spacial score (nSPS) is 39.3. The first kappa shape index (κ1) is 25.1. The molecule has 0 unspecified atom stereocenters. The molecule has 3 aliphatic carbocycles.